The number of fused-ring (bicyclic) bond motifs is 1. The van der Waals surface area contributed by atoms with Crippen LogP contribution in [0.1, 0.15) is 16.5 Å². The van der Waals surface area contributed by atoms with Gasteiger partial charge in [-0.25, -0.2) is 13.9 Å². The molecule has 3 heterocycles. The second-order valence-corrected chi connectivity index (χ2v) is 9.81. The van der Waals surface area contributed by atoms with E-state index in [0.717, 1.165) is 14.7 Å². The Morgan fingerprint density at radius 3 is 2.65 bits per heavy atom. The van der Waals surface area contributed by atoms with Crippen molar-refractivity contribution in [3.05, 3.63) is 65.3 Å². The Kier molecular flexibility index (Phi) is 5.77. The van der Waals surface area contributed by atoms with Crippen molar-refractivity contribution < 1.29 is 28.3 Å². The molecule has 1 aromatic carbocycles. The molecule has 0 spiro atoms. The van der Waals surface area contributed by atoms with Gasteiger partial charge in [-0.15, -0.1) is 11.3 Å². The number of nitrogens with one attached hydrogen (secondary N) is 1. The lowest BCUT2D eigenvalue weighted by molar-refractivity contribution is -0.137. The molecule has 0 aliphatic carbocycles. The minimum Gasteiger partial charge on any atom is -0.497 e. The summed E-state index contributed by atoms with van der Waals surface area (Å²) in [6.07, 6.45) is 1.84. The Morgan fingerprint density at radius 1 is 1.29 bits per heavy atom. The molecule has 3 N–H and O–H groups in total. The molecule has 11 heteroatoms. The van der Waals surface area contributed by atoms with Crippen LogP contribution < -0.4 is 10.2 Å². The fourth-order valence-electron chi connectivity index (χ4n) is 3.49. The highest BCUT2D eigenvalue weighted by molar-refractivity contribution is 7.89. The van der Waals surface area contributed by atoms with E-state index in [0.29, 0.717) is 16.2 Å². The second-order valence-electron chi connectivity index (χ2n) is 6.83. The number of methoxy groups -OCH3 is 1. The number of carbonyl (C=O) groups excluding carboxylic acids is 1. The van der Waals surface area contributed by atoms with Crippen molar-refractivity contribution in [1.82, 2.24) is 14.8 Å². The number of rotatable bonds is 5. The van der Waals surface area contributed by atoms with Crippen LogP contribution in [0.15, 0.2) is 59.8 Å². The monoisotopic (exact) mass is 461 g/mol. The SMILES string of the molecule is COc1ccc(S(=O)(=O)N2Cc3cc(-c4cccnc4)sc3C(O)C2C(=O)NO)cc1. The molecular formula is C20H19N3O6S2. The van der Waals surface area contributed by atoms with Gasteiger partial charge in [0.1, 0.15) is 17.9 Å². The van der Waals surface area contributed by atoms with Crippen LogP contribution in [0.4, 0.5) is 0 Å². The fourth-order valence-corrected chi connectivity index (χ4v) is 6.24. The number of sulfonamides is 1. The number of aliphatic hydroxyl groups excluding tert-OH is 1. The van der Waals surface area contributed by atoms with Crippen LogP contribution in [0.2, 0.25) is 0 Å². The molecule has 0 fully saturated rings. The molecule has 31 heavy (non-hydrogen) atoms. The van der Waals surface area contributed by atoms with E-state index in [2.05, 4.69) is 4.98 Å². The fraction of sp³-hybridized carbons (Fsp3) is 0.200. The van der Waals surface area contributed by atoms with E-state index in [1.54, 1.807) is 24.5 Å². The van der Waals surface area contributed by atoms with Crippen LogP contribution in [0.3, 0.4) is 0 Å². The second kappa shape index (κ2) is 8.36. The number of amides is 1. The first kappa shape index (κ1) is 21.4. The largest absolute Gasteiger partial charge is 0.497 e. The van der Waals surface area contributed by atoms with Crippen LogP contribution in [0, 0.1) is 0 Å². The number of hydrogen-bond acceptors (Lipinski definition) is 8. The molecule has 3 aromatic rings. The summed E-state index contributed by atoms with van der Waals surface area (Å²) in [6.45, 7) is -0.143. The van der Waals surface area contributed by atoms with Gasteiger partial charge in [0.25, 0.3) is 5.91 Å². The normalized spacial score (nSPS) is 18.9. The van der Waals surface area contributed by atoms with Crippen molar-refractivity contribution in [2.45, 2.75) is 23.6 Å². The van der Waals surface area contributed by atoms with Crippen molar-refractivity contribution in [2.75, 3.05) is 7.11 Å². The zero-order chi connectivity index (χ0) is 22.2. The number of benzene rings is 1. The van der Waals surface area contributed by atoms with Gasteiger partial charge in [0, 0.05) is 34.3 Å². The lowest BCUT2D eigenvalue weighted by Gasteiger charge is -2.36. The van der Waals surface area contributed by atoms with E-state index in [1.807, 2.05) is 6.07 Å². The van der Waals surface area contributed by atoms with Gasteiger partial charge in [0.15, 0.2) is 0 Å². The number of hydrogen-bond donors (Lipinski definition) is 3. The van der Waals surface area contributed by atoms with Crippen molar-refractivity contribution in [1.29, 1.82) is 0 Å². The molecule has 4 rings (SSSR count). The molecule has 162 valence electrons. The Labute approximate surface area is 182 Å². The number of aliphatic hydroxyl groups is 1. The Bertz CT molecular complexity index is 1200. The van der Waals surface area contributed by atoms with Crippen molar-refractivity contribution >= 4 is 27.3 Å². The lowest BCUT2D eigenvalue weighted by Crippen LogP contribution is -2.53. The number of nitrogens with zero attached hydrogens (tertiary/aromatic N) is 2. The third-order valence-corrected chi connectivity index (χ3v) is 8.18. The predicted octanol–water partition coefficient (Wildman–Crippen LogP) is 1.93. The maximum absolute atomic E-state index is 13.4. The zero-order valence-corrected chi connectivity index (χ0v) is 17.9. The van der Waals surface area contributed by atoms with Gasteiger partial charge >= 0.3 is 0 Å². The molecule has 0 radical (unpaired) electrons. The maximum atomic E-state index is 13.4. The highest BCUT2D eigenvalue weighted by atomic mass is 32.2. The van der Waals surface area contributed by atoms with Gasteiger partial charge in [-0.2, -0.15) is 4.31 Å². The number of aromatic nitrogens is 1. The summed E-state index contributed by atoms with van der Waals surface area (Å²) in [6, 6.07) is 9.56. The molecule has 1 amide bonds. The number of ether oxygens (including phenoxy) is 1. The average molecular weight is 462 g/mol. The van der Waals surface area contributed by atoms with Crippen molar-refractivity contribution in [3.63, 3.8) is 0 Å². The van der Waals surface area contributed by atoms with E-state index < -0.39 is 28.1 Å². The van der Waals surface area contributed by atoms with Crippen LogP contribution in [-0.4, -0.2) is 47.1 Å². The molecule has 9 nitrogen and oxygen atoms in total. The smallest absolute Gasteiger partial charge is 0.264 e. The molecule has 2 unspecified atom stereocenters. The van der Waals surface area contributed by atoms with Crippen LogP contribution in [0.5, 0.6) is 5.75 Å². The highest BCUT2D eigenvalue weighted by Gasteiger charge is 2.46. The van der Waals surface area contributed by atoms with Gasteiger partial charge in [-0.05, 0) is 42.0 Å². The zero-order valence-electron chi connectivity index (χ0n) is 16.3. The first-order valence-corrected chi connectivity index (χ1v) is 11.4. The van der Waals surface area contributed by atoms with Crippen molar-refractivity contribution in [2.24, 2.45) is 0 Å². The summed E-state index contributed by atoms with van der Waals surface area (Å²) in [5.74, 6) is -0.546. The Balaban J connectivity index is 1.78. The molecule has 0 bridgehead atoms. The maximum Gasteiger partial charge on any atom is 0.264 e. The third kappa shape index (κ3) is 3.82. The summed E-state index contributed by atoms with van der Waals surface area (Å²) in [7, 11) is -2.72. The molecule has 0 saturated carbocycles. The minimum atomic E-state index is -4.18. The third-order valence-electron chi connectivity index (χ3n) is 5.04. The lowest BCUT2D eigenvalue weighted by atomic mass is 10.0. The van der Waals surface area contributed by atoms with Gasteiger partial charge in [0.05, 0.1) is 12.0 Å². The first-order chi connectivity index (χ1) is 14.9. The molecule has 0 saturated heterocycles. The molecule has 2 atom stereocenters. The summed E-state index contributed by atoms with van der Waals surface area (Å²) in [5.41, 5.74) is 2.86. The topological polar surface area (TPSA) is 129 Å². The average Bonchev–Trinajstić information content (AvgIpc) is 3.24. The molecular weight excluding hydrogens is 442 g/mol. The van der Waals surface area contributed by atoms with E-state index in [-0.39, 0.29) is 11.4 Å². The molecule has 1 aliphatic rings. The van der Waals surface area contributed by atoms with Crippen LogP contribution in [0.25, 0.3) is 10.4 Å². The highest BCUT2D eigenvalue weighted by Crippen LogP contribution is 2.42. The summed E-state index contributed by atoms with van der Waals surface area (Å²) in [4.78, 5) is 17.7. The Hall–Kier alpha value is -2.83. The summed E-state index contributed by atoms with van der Waals surface area (Å²) in [5, 5.41) is 20.1. The minimum absolute atomic E-state index is 0.0672. The number of hydroxylamine groups is 1. The number of thiophene rings is 1. The van der Waals surface area contributed by atoms with E-state index in [9.17, 15) is 23.5 Å². The van der Waals surface area contributed by atoms with Crippen molar-refractivity contribution in [3.8, 4) is 16.2 Å². The molecule has 2 aromatic heterocycles. The van der Waals surface area contributed by atoms with E-state index in [4.69, 9.17) is 4.74 Å². The van der Waals surface area contributed by atoms with Crippen LogP contribution in [-0.2, 0) is 21.4 Å². The van der Waals surface area contributed by atoms with E-state index >= 15 is 0 Å². The van der Waals surface area contributed by atoms with Gasteiger partial charge in [0.2, 0.25) is 10.0 Å². The predicted molar refractivity (Wildman–Crippen MR) is 112 cm³/mol. The molecule has 1 aliphatic heterocycles. The van der Waals surface area contributed by atoms with Gasteiger partial charge in [-0.1, -0.05) is 6.07 Å². The number of carbonyl (C=O) groups is 1. The van der Waals surface area contributed by atoms with Gasteiger partial charge in [-0.3, -0.25) is 15.0 Å². The number of pyridine rings is 1. The summed E-state index contributed by atoms with van der Waals surface area (Å²) >= 11 is 1.25. The summed E-state index contributed by atoms with van der Waals surface area (Å²) < 4.78 is 32.7. The quantitative estimate of drug-likeness (QED) is 0.391. The van der Waals surface area contributed by atoms with E-state index in [1.165, 1.54) is 48.2 Å². The first-order valence-electron chi connectivity index (χ1n) is 9.17. The standard InChI is InChI=1S/C20H19N3O6S2/c1-29-14-4-6-15(7-5-14)31(27,28)23-11-13-9-16(12-3-2-8-21-10-12)30-19(13)18(24)17(23)20(25)22-26/h2-10,17-18,24,26H,11H2,1H3,(H,22,25). The van der Waals surface area contributed by atoms with Crippen LogP contribution >= 0.6 is 11.3 Å². The van der Waals surface area contributed by atoms with Gasteiger partial charge < -0.3 is 9.84 Å². The Morgan fingerprint density at radius 2 is 2.03 bits per heavy atom.